The van der Waals surface area contributed by atoms with Crippen LogP contribution in [0, 0.1) is 13.8 Å². The van der Waals surface area contributed by atoms with Crippen LogP contribution in [0.1, 0.15) is 16.7 Å². The van der Waals surface area contributed by atoms with Crippen LogP contribution in [-0.4, -0.2) is 14.9 Å². The van der Waals surface area contributed by atoms with Gasteiger partial charge in [0.05, 0.1) is 6.20 Å². The van der Waals surface area contributed by atoms with Crippen molar-refractivity contribution in [2.24, 2.45) is 7.05 Å². The van der Waals surface area contributed by atoms with E-state index in [2.05, 4.69) is 10.4 Å². The number of benzene rings is 1. The van der Waals surface area contributed by atoms with Crippen molar-refractivity contribution in [3.63, 3.8) is 0 Å². The molecule has 0 radical (unpaired) electrons. The Morgan fingerprint density at radius 2 is 2.12 bits per heavy atom. The molecule has 0 aliphatic carbocycles. The van der Waals surface area contributed by atoms with Crippen molar-refractivity contribution in [3.05, 3.63) is 41.2 Å². The summed E-state index contributed by atoms with van der Waals surface area (Å²) in [6, 6.07) is 3.90. The second-order valence-corrected chi connectivity index (χ2v) is 4.28. The lowest BCUT2D eigenvalue weighted by atomic mass is 10.1. The monoisotopic (exact) mass is 231 g/mol. The second kappa shape index (κ2) is 4.49. The van der Waals surface area contributed by atoms with Crippen molar-refractivity contribution < 1.29 is 5.11 Å². The maximum Gasteiger partial charge on any atom is 0.123 e. The predicted molar refractivity (Wildman–Crippen MR) is 68.1 cm³/mol. The van der Waals surface area contributed by atoms with Crippen molar-refractivity contribution >= 4 is 5.69 Å². The van der Waals surface area contributed by atoms with E-state index >= 15 is 0 Å². The standard InChI is InChI=1S/C13H17N3O/c1-9-4-5-12(10(2)13(9)17)14-6-11-7-15-16(3)8-11/h4-5,7-8,14,17H,6H2,1-3H3. The number of aryl methyl sites for hydroxylation is 2. The molecular weight excluding hydrogens is 214 g/mol. The lowest BCUT2D eigenvalue weighted by Crippen LogP contribution is -2.00. The minimum Gasteiger partial charge on any atom is -0.507 e. The van der Waals surface area contributed by atoms with Crippen LogP contribution in [0.25, 0.3) is 0 Å². The van der Waals surface area contributed by atoms with Gasteiger partial charge in [0.2, 0.25) is 0 Å². The maximum atomic E-state index is 9.83. The first-order chi connectivity index (χ1) is 8.08. The van der Waals surface area contributed by atoms with Gasteiger partial charge in [0.1, 0.15) is 5.75 Å². The summed E-state index contributed by atoms with van der Waals surface area (Å²) >= 11 is 0. The van der Waals surface area contributed by atoms with E-state index in [9.17, 15) is 5.11 Å². The molecule has 1 heterocycles. The number of nitrogens with zero attached hydrogens (tertiary/aromatic N) is 2. The van der Waals surface area contributed by atoms with Gasteiger partial charge in [0.15, 0.2) is 0 Å². The van der Waals surface area contributed by atoms with Crippen LogP contribution >= 0.6 is 0 Å². The molecule has 17 heavy (non-hydrogen) atoms. The van der Waals surface area contributed by atoms with Crippen LogP contribution in [0.5, 0.6) is 5.75 Å². The SMILES string of the molecule is Cc1ccc(NCc2cnn(C)c2)c(C)c1O. The number of phenolic OH excluding ortho intramolecular Hbond substituents is 1. The summed E-state index contributed by atoms with van der Waals surface area (Å²) in [7, 11) is 1.90. The minimum absolute atomic E-state index is 0.362. The molecule has 0 amide bonds. The summed E-state index contributed by atoms with van der Waals surface area (Å²) in [5, 5.41) is 17.2. The molecule has 0 bridgehead atoms. The van der Waals surface area contributed by atoms with E-state index in [4.69, 9.17) is 0 Å². The fraction of sp³-hybridized carbons (Fsp3) is 0.308. The van der Waals surface area contributed by atoms with Crippen LogP contribution in [0.4, 0.5) is 5.69 Å². The molecule has 0 saturated carbocycles. The number of nitrogens with one attached hydrogen (secondary N) is 1. The molecule has 0 atom stereocenters. The van der Waals surface area contributed by atoms with Gasteiger partial charge < -0.3 is 10.4 Å². The Hall–Kier alpha value is -1.97. The molecule has 1 aromatic heterocycles. The first-order valence-corrected chi connectivity index (χ1v) is 5.58. The van der Waals surface area contributed by atoms with E-state index in [1.807, 2.05) is 45.4 Å². The number of hydrogen-bond donors (Lipinski definition) is 2. The Morgan fingerprint density at radius 3 is 2.76 bits per heavy atom. The van der Waals surface area contributed by atoms with Crippen molar-refractivity contribution in [2.75, 3.05) is 5.32 Å². The highest BCUT2D eigenvalue weighted by molar-refractivity contribution is 5.59. The fourth-order valence-corrected chi connectivity index (χ4v) is 1.79. The molecule has 0 unspecified atom stereocenters. The van der Waals surface area contributed by atoms with Gasteiger partial charge in [0, 0.05) is 36.6 Å². The number of rotatable bonds is 3. The van der Waals surface area contributed by atoms with E-state index in [0.717, 1.165) is 22.4 Å². The van der Waals surface area contributed by atoms with Gasteiger partial charge in [-0.3, -0.25) is 4.68 Å². The lowest BCUT2D eigenvalue weighted by Gasteiger charge is -2.11. The zero-order valence-electron chi connectivity index (χ0n) is 10.4. The summed E-state index contributed by atoms with van der Waals surface area (Å²) < 4.78 is 1.77. The van der Waals surface area contributed by atoms with Gasteiger partial charge >= 0.3 is 0 Å². The molecule has 0 spiro atoms. The van der Waals surface area contributed by atoms with Gasteiger partial charge in [-0.1, -0.05) is 6.07 Å². The molecule has 0 aliphatic rings. The zero-order valence-corrected chi connectivity index (χ0v) is 10.4. The zero-order chi connectivity index (χ0) is 12.4. The summed E-state index contributed by atoms with van der Waals surface area (Å²) in [6.07, 6.45) is 3.80. The van der Waals surface area contributed by atoms with Crippen LogP contribution in [0.3, 0.4) is 0 Å². The smallest absolute Gasteiger partial charge is 0.123 e. The maximum absolute atomic E-state index is 9.83. The van der Waals surface area contributed by atoms with E-state index in [0.29, 0.717) is 12.3 Å². The molecule has 1 aromatic carbocycles. The van der Waals surface area contributed by atoms with E-state index in [1.165, 1.54) is 0 Å². The van der Waals surface area contributed by atoms with Crippen molar-refractivity contribution in [3.8, 4) is 5.75 Å². The van der Waals surface area contributed by atoms with E-state index in [-0.39, 0.29) is 0 Å². The number of aromatic hydroxyl groups is 1. The second-order valence-electron chi connectivity index (χ2n) is 4.28. The molecule has 0 fully saturated rings. The van der Waals surface area contributed by atoms with Crippen LogP contribution in [0.15, 0.2) is 24.5 Å². The quantitative estimate of drug-likeness (QED) is 0.852. The number of aromatic nitrogens is 2. The Bertz CT molecular complexity index is 531. The Labute approximate surface area is 101 Å². The molecule has 4 nitrogen and oxygen atoms in total. The molecule has 0 aliphatic heterocycles. The van der Waals surface area contributed by atoms with Crippen LogP contribution in [0.2, 0.25) is 0 Å². The van der Waals surface area contributed by atoms with Crippen molar-refractivity contribution in [1.29, 1.82) is 0 Å². The fourth-order valence-electron chi connectivity index (χ4n) is 1.79. The number of phenols is 1. The van der Waals surface area contributed by atoms with Gasteiger partial charge in [0.25, 0.3) is 0 Å². The first kappa shape index (κ1) is 11.5. The highest BCUT2D eigenvalue weighted by atomic mass is 16.3. The van der Waals surface area contributed by atoms with Gasteiger partial charge in [-0.2, -0.15) is 5.10 Å². The summed E-state index contributed by atoms with van der Waals surface area (Å²) in [5.41, 5.74) is 3.85. The summed E-state index contributed by atoms with van der Waals surface area (Å²) in [4.78, 5) is 0. The molecular formula is C13H17N3O. The molecule has 4 heteroatoms. The average Bonchev–Trinajstić information content (AvgIpc) is 2.71. The third-order valence-corrected chi connectivity index (χ3v) is 2.87. The van der Waals surface area contributed by atoms with Gasteiger partial charge in [-0.05, 0) is 25.5 Å². The van der Waals surface area contributed by atoms with Crippen molar-refractivity contribution in [2.45, 2.75) is 20.4 Å². The number of hydrogen-bond acceptors (Lipinski definition) is 3. The average molecular weight is 231 g/mol. The topological polar surface area (TPSA) is 50.1 Å². The Kier molecular flexibility index (Phi) is 3.04. The lowest BCUT2D eigenvalue weighted by molar-refractivity contribution is 0.467. The predicted octanol–water partition coefficient (Wildman–Crippen LogP) is 2.35. The van der Waals surface area contributed by atoms with Crippen LogP contribution in [-0.2, 0) is 13.6 Å². The highest BCUT2D eigenvalue weighted by Crippen LogP contribution is 2.28. The molecule has 2 aromatic rings. The third-order valence-electron chi connectivity index (χ3n) is 2.87. The van der Waals surface area contributed by atoms with Crippen LogP contribution < -0.4 is 5.32 Å². The number of anilines is 1. The molecule has 2 N–H and O–H groups in total. The van der Waals surface area contributed by atoms with Gasteiger partial charge in [-0.25, -0.2) is 0 Å². The van der Waals surface area contributed by atoms with Gasteiger partial charge in [-0.15, -0.1) is 0 Å². The summed E-state index contributed by atoms with van der Waals surface area (Å²) in [5.74, 6) is 0.362. The third kappa shape index (κ3) is 2.41. The van der Waals surface area contributed by atoms with E-state index < -0.39 is 0 Å². The largest absolute Gasteiger partial charge is 0.507 e. The first-order valence-electron chi connectivity index (χ1n) is 5.58. The van der Waals surface area contributed by atoms with E-state index in [1.54, 1.807) is 4.68 Å². The Morgan fingerprint density at radius 1 is 1.35 bits per heavy atom. The highest BCUT2D eigenvalue weighted by Gasteiger charge is 2.05. The normalized spacial score (nSPS) is 10.5. The van der Waals surface area contributed by atoms with Crippen molar-refractivity contribution in [1.82, 2.24) is 9.78 Å². The molecule has 0 saturated heterocycles. The molecule has 2 rings (SSSR count). The molecule has 90 valence electrons. The summed E-state index contributed by atoms with van der Waals surface area (Å²) in [6.45, 7) is 4.51. The Balaban J connectivity index is 2.12. The minimum atomic E-state index is 0.362.